The number of carbonyl (C=O) groups excluding carboxylic acids is 1. The summed E-state index contributed by atoms with van der Waals surface area (Å²) in [6.45, 7) is 0. The van der Waals surface area contributed by atoms with Gasteiger partial charge in [-0.25, -0.2) is 0 Å². The van der Waals surface area contributed by atoms with Crippen molar-refractivity contribution < 1.29 is 19.4 Å². The van der Waals surface area contributed by atoms with Crippen LogP contribution in [0.1, 0.15) is 11.1 Å². The van der Waals surface area contributed by atoms with Crippen LogP contribution in [0.3, 0.4) is 0 Å². The minimum atomic E-state index is -0.965. The predicted molar refractivity (Wildman–Crippen MR) is 131 cm³/mol. The van der Waals surface area contributed by atoms with Gasteiger partial charge in [-0.2, -0.15) is 0 Å². The molecule has 0 amide bonds. The molecule has 6 nitrogen and oxygen atoms in total. The molecule has 0 aliphatic heterocycles. The standard InChI is InChI=1S/C14H15NO2.C13H13NO2/c1-17-14(16)13(15)9-10-6-7-11-4-2-3-5-12(11)8-10;14-12(13(15)16)8-9-5-6-10-3-1-2-4-11(10)7-9/h2-8,13H,9,15H2,1H3;1-7,12H,8,14H2,(H,15,16). The normalized spacial score (nSPS) is 12.5. The number of esters is 1. The first-order valence-electron chi connectivity index (χ1n) is 10.6. The number of carboxylic acids is 1. The van der Waals surface area contributed by atoms with Crippen LogP contribution in [-0.2, 0) is 27.2 Å². The summed E-state index contributed by atoms with van der Waals surface area (Å²) in [5.74, 6) is -1.34. The molecule has 2 atom stereocenters. The molecule has 0 heterocycles. The van der Waals surface area contributed by atoms with Gasteiger partial charge in [0.15, 0.2) is 0 Å². The van der Waals surface area contributed by atoms with E-state index in [2.05, 4.69) is 16.9 Å². The lowest BCUT2D eigenvalue weighted by atomic mass is 10.0. The Morgan fingerprint density at radius 2 is 1.15 bits per heavy atom. The van der Waals surface area contributed by atoms with Gasteiger partial charge in [0.25, 0.3) is 0 Å². The molecule has 170 valence electrons. The monoisotopic (exact) mass is 444 g/mol. The molecule has 0 aliphatic carbocycles. The molecule has 2 unspecified atom stereocenters. The molecule has 0 bridgehead atoms. The molecule has 0 aromatic heterocycles. The quantitative estimate of drug-likeness (QED) is 0.391. The highest BCUT2D eigenvalue weighted by Gasteiger charge is 2.14. The highest BCUT2D eigenvalue weighted by molar-refractivity contribution is 5.84. The lowest BCUT2D eigenvalue weighted by Crippen LogP contribution is -2.33. The van der Waals surface area contributed by atoms with Crippen molar-refractivity contribution in [1.82, 2.24) is 0 Å². The van der Waals surface area contributed by atoms with Gasteiger partial charge < -0.3 is 21.3 Å². The zero-order chi connectivity index (χ0) is 23.8. The summed E-state index contributed by atoms with van der Waals surface area (Å²) in [7, 11) is 1.35. The van der Waals surface area contributed by atoms with Crippen molar-refractivity contribution in [3.05, 3.63) is 96.1 Å². The second kappa shape index (κ2) is 11.2. The number of carboxylic acid groups (broad SMARTS) is 1. The number of aliphatic carboxylic acids is 1. The fourth-order valence-electron chi connectivity index (χ4n) is 3.56. The van der Waals surface area contributed by atoms with Crippen LogP contribution >= 0.6 is 0 Å². The van der Waals surface area contributed by atoms with Crippen LogP contribution in [0.15, 0.2) is 84.9 Å². The van der Waals surface area contributed by atoms with Gasteiger partial charge in [0, 0.05) is 0 Å². The molecule has 4 rings (SSSR count). The van der Waals surface area contributed by atoms with Gasteiger partial charge in [0.2, 0.25) is 0 Å². The Labute approximate surface area is 192 Å². The molecule has 0 saturated carbocycles. The number of methoxy groups -OCH3 is 1. The second-order valence-corrected chi connectivity index (χ2v) is 7.85. The molecular weight excluding hydrogens is 416 g/mol. The topological polar surface area (TPSA) is 116 Å². The number of nitrogens with two attached hydrogens (primary N) is 2. The molecule has 0 fully saturated rings. The summed E-state index contributed by atoms with van der Waals surface area (Å²) >= 11 is 0. The number of fused-ring (bicyclic) bond motifs is 2. The van der Waals surface area contributed by atoms with Gasteiger partial charge in [0.1, 0.15) is 12.1 Å². The van der Waals surface area contributed by atoms with Crippen LogP contribution in [0.2, 0.25) is 0 Å². The smallest absolute Gasteiger partial charge is 0.322 e. The number of hydrogen-bond donors (Lipinski definition) is 3. The molecule has 0 spiro atoms. The van der Waals surface area contributed by atoms with Crippen molar-refractivity contribution in [2.24, 2.45) is 11.5 Å². The molecule has 0 saturated heterocycles. The van der Waals surface area contributed by atoms with Gasteiger partial charge in [-0.15, -0.1) is 0 Å². The molecule has 5 N–H and O–H groups in total. The van der Waals surface area contributed by atoms with E-state index in [-0.39, 0.29) is 5.97 Å². The van der Waals surface area contributed by atoms with Crippen molar-refractivity contribution in [2.45, 2.75) is 24.9 Å². The highest BCUT2D eigenvalue weighted by Crippen LogP contribution is 2.17. The minimum absolute atomic E-state index is 0.361. The summed E-state index contributed by atoms with van der Waals surface area (Å²) < 4.78 is 4.61. The summed E-state index contributed by atoms with van der Waals surface area (Å²) in [4.78, 5) is 21.9. The first kappa shape index (κ1) is 23.9. The molecular formula is C27H28N2O4. The Kier molecular flexibility index (Phi) is 8.13. The number of rotatable bonds is 6. The van der Waals surface area contributed by atoms with Crippen LogP contribution in [0.4, 0.5) is 0 Å². The highest BCUT2D eigenvalue weighted by atomic mass is 16.5. The Bertz CT molecular complexity index is 1260. The van der Waals surface area contributed by atoms with Crippen molar-refractivity contribution in [3.8, 4) is 0 Å². The zero-order valence-corrected chi connectivity index (χ0v) is 18.5. The molecule has 4 aromatic carbocycles. The van der Waals surface area contributed by atoms with Crippen molar-refractivity contribution in [1.29, 1.82) is 0 Å². The van der Waals surface area contributed by atoms with Crippen LogP contribution in [-0.4, -0.2) is 36.2 Å². The van der Waals surface area contributed by atoms with E-state index in [1.165, 1.54) is 12.5 Å². The first-order valence-corrected chi connectivity index (χ1v) is 10.6. The van der Waals surface area contributed by atoms with E-state index < -0.39 is 18.1 Å². The van der Waals surface area contributed by atoms with E-state index in [4.69, 9.17) is 16.6 Å². The maximum atomic E-state index is 11.2. The Hall–Kier alpha value is -3.74. The number of ether oxygens (including phenoxy) is 1. The zero-order valence-electron chi connectivity index (χ0n) is 18.5. The Morgan fingerprint density at radius 3 is 1.58 bits per heavy atom. The number of carbonyl (C=O) groups is 2. The predicted octanol–water partition coefficient (Wildman–Crippen LogP) is 3.68. The second-order valence-electron chi connectivity index (χ2n) is 7.85. The van der Waals surface area contributed by atoms with Gasteiger partial charge in [-0.05, 0) is 45.5 Å². The fourth-order valence-corrected chi connectivity index (χ4v) is 3.56. The summed E-state index contributed by atoms with van der Waals surface area (Å²) in [5, 5.41) is 13.3. The van der Waals surface area contributed by atoms with Gasteiger partial charge in [0.05, 0.1) is 7.11 Å². The van der Waals surface area contributed by atoms with E-state index in [9.17, 15) is 9.59 Å². The minimum Gasteiger partial charge on any atom is -0.480 e. The molecule has 0 radical (unpaired) electrons. The first-order chi connectivity index (χ1) is 15.9. The van der Waals surface area contributed by atoms with E-state index >= 15 is 0 Å². The maximum absolute atomic E-state index is 11.2. The molecule has 33 heavy (non-hydrogen) atoms. The number of benzene rings is 4. The van der Waals surface area contributed by atoms with Crippen LogP contribution in [0.5, 0.6) is 0 Å². The third-order valence-electron chi connectivity index (χ3n) is 5.36. The molecule has 4 aromatic rings. The van der Waals surface area contributed by atoms with E-state index in [1.54, 1.807) is 0 Å². The third-order valence-corrected chi connectivity index (χ3v) is 5.36. The maximum Gasteiger partial charge on any atom is 0.322 e. The van der Waals surface area contributed by atoms with E-state index in [0.717, 1.165) is 27.3 Å². The van der Waals surface area contributed by atoms with Crippen molar-refractivity contribution in [2.75, 3.05) is 7.11 Å². The lowest BCUT2D eigenvalue weighted by Gasteiger charge is -2.09. The summed E-state index contributed by atoms with van der Waals surface area (Å²) in [5.41, 5.74) is 13.2. The van der Waals surface area contributed by atoms with E-state index in [1.807, 2.05) is 72.8 Å². The Morgan fingerprint density at radius 1 is 0.727 bits per heavy atom. The van der Waals surface area contributed by atoms with Crippen LogP contribution in [0.25, 0.3) is 21.5 Å². The average molecular weight is 445 g/mol. The van der Waals surface area contributed by atoms with Crippen molar-refractivity contribution >= 4 is 33.5 Å². The van der Waals surface area contributed by atoms with Gasteiger partial charge >= 0.3 is 11.9 Å². The lowest BCUT2D eigenvalue weighted by molar-refractivity contribution is -0.142. The Balaban J connectivity index is 0.000000186. The van der Waals surface area contributed by atoms with Gasteiger partial charge in [-0.1, -0.05) is 84.9 Å². The molecule has 6 heteroatoms. The van der Waals surface area contributed by atoms with E-state index in [0.29, 0.717) is 12.8 Å². The van der Waals surface area contributed by atoms with Crippen LogP contribution in [0, 0.1) is 0 Å². The molecule has 0 aliphatic rings. The fraction of sp³-hybridized carbons (Fsp3) is 0.185. The average Bonchev–Trinajstić information content (AvgIpc) is 2.83. The largest absolute Gasteiger partial charge is 0.480 e. The third kappa shape index (κ3) is 6.62. The van der Waals surface area contributed by atoms with Gasteiger partial charge in [-0.3, -0.25) is 9.59 Å². The summed E-state index contributed by atoms with van der Waals surface area (Å²) in [6, 6.07) is 26.6. The van der Waals surface area contributed by atoms with Crippen molar-refractivity contribution in [3.63, 3.8) is 0 Å². The number of hydrogen-bond acceptors (Lipinski definition) is 5. The summed E-state index contributed by atoms with van der Waals surface area (Å²) in [6.07, 6.45) is 0.859. The van der Waals surface area contributed by atoms with Crippen LogP contribution < -0.4 is 11.5 Å². The SMILES string of the molecule is COC(=O)C(N)Cc1ccc2ccccc2c1.NC(Cc1ccc2ccccc2c1)C(=O)O.